The van der Waals surface area contributed by atoms with E-state index in [0.29, 0.717) is 30.7 Å². The first-order valence-electron chi connectivity index (χ1n) is 9.41. The quantitative estimate of drug-likeness (QED) is 0.386. The summed E-state index contributed by atoms with van der Waals surface area (Å²) in [5, 5.41) is 3.67. The van der Waals surface area contributed by atoms with Crippen molar-refractivity contribution in [2.24, 2.45) is 16.3 Å². The number of rotatable bonds is 2. The summed E-state index contributed by atoms with van der Waals surface area (Å²) in [6.07, 6.45) is 5.08. The maximum Gasteiger partial charge on any atom is 0.242 e. The Kier molecular flexibility index (Phi) is 5.54. The number of hydrogen-bond donors (Lipinski definition) is 1. The van der Waals surface area contributed by atoms with Gasteiger partial charge in [0.05, 0.1) is 12.6 Å². The van der Waals surface area contributed by atoms with Gasteiger partial charge in [0.1, 0.15) is 0 Å². The molecule has 2 saturated heterocycles. The molecular formula is C18H31IN4O2. The zero-order valence-corrected chi connectivity index (χ0v) is 17.9. The molecule has 0 bridgehead atoms. The van der Waals surface area contributed by atoms with E-state index in [1.165, 1.54) is 19.3 Å². The molecule has 2 saturated carbocycles. The number of halogens is 1. The Balaban J connectivity index is 0.00000182. The predicted molar refractivity (Wildman–Crippen MR) is 108 cm³/mol. The maximum absolute atomic E-state index is 12.4. The SMILES string of the molecule is CN=C(NC1C2CCCOC2C1(C)C)N1CCN(C2CC2)C(=O)C1.I. The molecule has 2 aliphatic carbocycles. The number of ether oxygens (including phenoxy) is 1. The molecule has 4 fully saturated rings. The van der Waals surface area contributed by atoms with Crippen LogP contribution in [0, 0.1) is 11.3 Å². The second kappa shape index (κ2) is 7.21. The van der Waals surface area contributed by atoms with Crippen molar-refractivity contribution in [1.29, 1.82) is 0 Å². The van der Waals surface area contributed by atoms with Crippen LogP contribution in [0.15, 0.2) is 4.99 Å². The number of carbonyl (C=O) groups excluding carboxylic acids is 1. The Morgan fingerprint density at radius 2 is 2.04 bits per heavy atom. The summed E-state index contributed by atoms with van der Waals surface area (Å²) in [7, 11) is 1.82. The smallest absolute Gasteiger partial charge is 0.242 e. The average molecular weight is 462 g/mol. The van der Waals surface area contributed by atoms with Crippen LogP contribution in [0.3, 0.4) is 0 Å². The van der Waals surface area contributed by atoms with E-state index < -0.39 is 0 Å². The molecule has 7 heteroatoms. The second-order valence-corrected chi connectivity index (χ2v) is 8.33. The standard InChI is InChI=1S/C18H30N4O2.HI/c1-18(2)15(13-5-4-10-24-16(13)18)20-17(19-3)21-8-9-22(12-6-7-12)14(23)11-21;/h12-13,15-16H,4-11H2,1-3H3,(H,19,20);1H. The average Bonchev–Trinajstić information content (AvgIpc) is 3.40. The molecule has 3 atom stereocenters. The minimum absolute atomic E-state index is 0. The molecule has 25 heavy (non-hydrogen) atoms. The van der Waals surface area contributed by atoms with Gasteiger partial charge in [-0.3, -0.25) is 9.79 Å². The minimum Gasteiger partial charge on any atom is -0.377 e. The van der Waals surface area contributed by atoms with Crippen LogP contribution in [-0.4, -0.2) is 73.1 Å². The fourth-order valence-electron chi connectivity index (χ4n) is 4.89. The molecule has 0 aromatic rings. The van der Waals surface area contributed by atoms with Crippen molar-refractivity contribution >= 4 is 35.8 Å². The van der Waals surface area contributed by atoms with Crippen LogP contribution in [0.1, 0.15) is 39.5 Å². The molecule has 2 heterocycles. The number of fused-ring (bicyclic) bond motifs is 1. The van der Waals surface area contributed by atoms with Crippen LogP contribution in [0.2, 0.25) is 0 Å². The summed E-state index contributed by atoms with van der Waals surface area (Å²) in [5.41, 5.74) is 0.112. The first kappa shape index (κ1) is 19.2. The third-order valence-corrected chi connectivity index (χ3v) is 6.37. The third kappa shape index (κ3) is 3.38. The predicted octanol–water partition coefficient (Wildman–Crippen LogP) is 1.69. The van der Waals surface area contributed by atoms with E-state index in [0.717, 1.165) is 32.1 Å². The monoisotopic (exact) mass is 462 g/mol. The van der Waals surface area contributed by atoms with Gasteiger partial charge >= 0.3 is 0 Å². The van der Waals surface area contributed by atoms with Crippen LogP contribution < -0.4 is 5.32 Å². The molecule has 6 nitrogen and oxygen atoms in total. The molecule has 0 spiro atoms. The Labute approximate surface area is 167 Å². The number of guanidine groups is 1. The Bertz CT molecular complexity index is 549. The fraction of sp³-hybridized carbons (Fsp3) is 0.889. The summed E-state index contributed by atoms with van der Waals surface area (Å²) in [6, 6.07) is 0.887. The van der Waals surface area contributed by atoms with Crippen molar-refractivity contribution in [3.8, 4) is 0 Å². The molecule has 1 amide bonds. The maximum atomic E-state index is 12.4. The molecule has 0 radical (unpaired) electrons. The summed E-state index contributed by atoms with van der Waals surface area (Å²) in [5.74, 6) is 1.69. The van der Waals surface area contributed by atoms with Gasteiger partial charge < -0.3 is 19.9 Å². The number of carbonyl (C=O) groups is 1. The molecule has 1 N–H and O–H groups in total. The summed E-state index contributed by atoms with van der Waals surface area (Å²) >= 11 is 0. The van der Waals surface area contributed by atoms with E-state index in [1.807, 2.05) is 7.05 Å². The van der Waals surface area contributed by atoms with E-state index in [-0.39, 0.29) is 35.3 Å². The molecule has 0 aromatic heterocycles. The highest BCUT2D eigenvalue weighted by atomic mass is 127. The molecule has 4 rings (SSSR count). The second-order valence-electron chi connectivity index (χ2n) is 8.33. The van der Waals surface area contributed by atoms with Crippen molar-refractivity contribution in [2.45, 2.75) is 57.7 Å². The van der Waals surface area contributed by atoms with Crippen molar-refractivity contribution in [1.82, 2.24) is 15.1 Å². The Hall–Kier alpha value is -0.570. The first-order chi connectivity index (χ1) is 11.5. The Morgan fingerprint density at radius 1 is 1.28 bits per heavy atom. The van der Waals surface area contributed by atoms with Crippen molar-refractivity contribution in [3.05, 3.63) is 0 Å². The Morgan fingerprint density at radius 3 is 2.68 bits per heavy atom. The van der Waals surface area contributed by atoms with Crippen LogP contribution in [0.5, 0.6) is 0 Å². The van der Waals surface area contributed by atoms with Gasteiger partial charge in [0.2, 0.25) is 5.91 Å². The van der Waals surface area contributed by atoms with Gasteiger partial charge in [0, 0.05) is 50.2 Å². The molecule has 3 unspecified atom stereocenters. The lowest BCUT2D eigenvalue weighted by molar-refractivity contribution is -0.188. The highest BCUT2D eigenvalue weighted by Gasteiger charge is 2.58. The highest BCUT2D eigenvalue weighted by molar-refractivity contribution is 14.0. The van der Waals surface area contributed by atoms with Crippen LogP contribution in [0.4, 0.5) is 0 Å². The van der Waals surface area contributed by atoms with Crippen LogP contribution >= 0.6 is 24.0 Å². The number of aliphatic imine (C=N–C) groups is 1. The molecule has 4 aliphatic rings. The third-order valence-electron chi connectivity index (χ3n) is 6.37. The molecule has 0 aromatic carbocycles. The number of piperazine rings is 1. The number of nitrogens with one attached hydrogen (secondary N) is 1. The van der Waals surface area contributed by atoms with E-state index >= 15 is 0 Å². The topological polar surface area (TPSA) is 57.2 Å². The largest absolute Gasteiger partial charge is 0.377 e. The van der Waals surface area contributed by atoms with Gasteiger partial charge in [-0.1, -0.05) is 13.8 Å². The van der Waals surface area contributed by atoms with Crippen LogP contribution in [0.25, 0.3) is 0 Å². The van der Waals surface area contributed by atoms with Gasteiger partial charge in [-0.15, -0.1) is 24.0 Å². The normalized spacial score (nSPS) is 34.8. The summed E-state index contributed by atoms with van der Waals surface area (Å²) in [6.45, 7) is 7.60. The van der Waals surface area contributed by atoms with Crippen LogP contribution in [-0.2, 0) is 9.53 Å². The number of amides is 1. The highest BCUT2D eigenvalue weighted by Crippen LogP contribution is 2.51. The van der Waals surface area contributed by atoms with E-state index in [1.54, 1.807) is 0 Å². The van der Waals surface area contributed by atoms with E-state index in [2.05, 4.69) is 34.0 Å². The number of nitrogens with zero attached hydrogens (tertiary/aromatic N) is 3. The van der Waals surface area contributed by atoms with E-state index in [9.17, 15) is 4.79 Å². The lowest BCUT2D eigenvalue weighted by atomic mass is 9.55. The minimum atomic E-state index is 0. The zero-order valence-electron chi connectivity index (χ0n) is 15.5. The zero-order chi connectivity index (χ0) is 16.9. The van der Waals surface area contributed by atoms with Gasteiger partial charge in [-0.25, -0.2) is 0 Å². The van der Waals surface area contributed by atoms with Gasteiger partial charge in [-0.05, 0) is 25.7 Å². The van der Waals surface area contributed by atoms with Crippen molar-refractivity contribution < 1.29 is 9.53 Å². The number of hydrogen-bond acceptors (Lipinski definition) is 3. The van der Waals surface area contributed by atoms with Gasteiger partial charge in [-0.2, -0.15) is 0 Å². The first-order valence-corrected chi connectivity index (χ1v) is 9.41. The molecule has 142 valence electrons. The summed E-state index contributed by atoms with van der Waals surface area (Å²) in [4.78, 5) is 21.1. The van der Waals surface area contributed by atoms with E-state index in [4.69, 9.17) is 4.74 Å². The van der Waals surface area contributed by atoms with Crippen molar-refractivity contribution in [2.75, 3.05) is 33.3 Å². The molecular weight excluding hydrogens is 431 g/mol. The lowest BCUT2D eigenvalue weighted by Crippen LogP contribution is -2.71. The fourth-order valence-corrected chi connectivity index (χ4v) is 4.89. The van der Waals surface area contributed by atoms with Gasteiger partial charge in [0.25, 0.3) is 0 Å². The molecule has 2 aliphatic heterocycles. The van der Waals surface area contributed by atoms with Crippen molar-refractivity contribution in [3.63, 3.8) is 0 Å². The lowest BCUT2D eigenvalue weighted by Gasteiger charge is -2.60. The van der Waals surface area contributed by atoms with Gasteiger partial charge in [0.15, 0.2) is 5.96 Å². The summed E-state index contributed by atoms with van der Waals surface area (Å²) < 4.78 is 5.99.